The second-order valence-corrected chi connectivity index (χ2v) is 7.69. The van der Waals surface area contributed by atoms with Crippen LogP contribution in [0.2, 0.25) is 5.02 Å². The average Bonchev–Trinajstić information content (AvgIpc) is 3.11. The van der Waals surface area contributed by atoms with E-state index < -0.39 is 0 Å². The third-order valence-electron chi connectivity index (χ3n) is 4.38. The van der Waals surface area contributed by atoms with Gasteiger partial charge in [0.05, 0.1) is 18.8 Å². The summed E-state index contributed by atoms with van der Waals surface area (Å²) in [6.45, 7) is 0. The highest BCUT2D eigenvalue weighted by atomic mass is 35.5. The number of nitrogens with zero attached hydrogens (tertiary/aromatic N) is 4. The highest BCUT2D eigenvalue weighted by Crippen LogP contribution is 2.31. The Morgan fingerprint density at radius 3 is 2.96 bits per heavy atom. The van der Waals surface area contributed by atoms with Gasteiger partial charge in [0.25, 0.3) is 0 Å². The number of benzene rings is 1. The minimum absolute atomic E-state index is 0.102. The van der Waals surface area contributed by atoms with Gasteiger partial charge in [-0.2, -0.15) is 0 Å². The summed E-state index contributed by atoms with van der Waals surface area (Å²) in [4.78, 5) is 12.2. The van der Waals surface area contributed by atoms with Crippen LogP contribution in [0.5, 0.6) is 5.75 Å². The zero-order valence-corrected chi connectivity index (χ0v) is 16.2. The van der Waals surface area contributed by atoms with Crippen LogP contribution >= 0.6 is 23.4 Å². The SMILES string of the molecule is COc1ccc(Cl)cc1NC(=O)CCSc1nnnn1C1CCCCC1. The molecule has 0 unspecified atom stereocenters. The maximum atomic E-state index is 12.2. The number of amides is 1. The van der Waals surface area contributed by atoms with Crippen LogP contribution in [0.1, 0.15) is 44.6 Å². The van der Waals surface area contributed by atoms with E-state index in [-0.39, 0.29) is 5.91 Å². The lowest BCUT2D eigenvalue weighted by molar-refractivity contribution is -0.115. The number of thioether (sulfide) groups is 1. The molecule has 1 saturated carbocycles. The van der Waals surface area contributed by atoms with Gasteiger partial charge in [-0.1, -0.05) is 42.6 Å². The highest BCUT2D eigenvalue weighted by molar-refractivity contribution is 7.99. The van der Waals surface area contributed by atoms with Crippen molar-refractivity contribution in [1.29, 1.82) is 0 Å². The fraction of sp³-hybridized carbons (Fsp3) is 0.529. The van der Waals surface area contributed by atoms with Gasteiger partial charge in [0.15, 0.2) is 0 Å². The number of hydrogen-bond acceptors (Lipinski definition) is 6. The van der Waals surface area contributed by atoms with Crippen molar-refractivity contribution in [3.05, 3.63) is 23.2 Å². The van der Waals surface area contributed by atoms with Gasteiger partial charge >= 0.3 is 0 Å². The van der Waals surface area contributed by atoms with E-state index in [0.717, 1.165) is 18.0 Å². The number of carbonyl (C=O) groups excluding carboxylic acids is 1. The van der Waals surface area contributed by atoms with Gasteiger partial charge in [-0.3, -0.25) is 4.79 Å². The number of methoxy groups -OCH3 is 1. The largest absolute Gasteiger partial charge is 0.495 e. The summed E-state index contributed by atoms with van der Waals surface area (Å²) in [5.41, 5.74) is 0.571. The van der Waals surface area contributed by atoms with Crippen LogP contribution < -0.4 is 10.1 Å². The van der Waals surface area contributed by atoms with Crippen molar-refractivity contribution in [3.63, 3.8) is 0 Å². The molecule has 0 aliphatic heterocycles. The normalized spacial score (nSPS) is 15.0. The maximum Gasteiger partial charge on any atom is 0.225 e. The van der Waals surface area contributed by atoms with Crippen molar-refractivity contribution >= 4 is 35.0 Å². The fourth-order valence-electron chi connectivity index (χ4n) is 3.06. The molecule has 1 aromatic carbocycles. The number of carbonyl (C=O) groups is 1. The number of aromatic nitrogens is 4. The summed E-state index contributed by atoms with van der Waals surface area (Å²) in [5.74, 6) is 1.08. The smallest absolute Gasteiger partial charge is 0.225 e. The first kappa shape index (κ1) is 19.0. The summed E-state index contributed by atoms with van der Waals surface area (Å²) >= 11 is 7.49. The van der Waals surface area contributed by atoms with Crippen molar-refractivity contribution in [2.75, 3.05) is 18.2 Å². The van der Waals surface area contributed by atoms with Crippen LogP contribution in [0, 0.1) is 0 Å². The molecule has 2 aromatic rings. The van der Waals surface area contributed by atoms with Gasteiger partial charge in [0.2, 0.25) is 11.1 Å². The molecule has 1 aliphatic carbocycles. The van der Waals surface area contributed by atoms with Crippen LogP contribution in [0.25, 0.3) is 0 Å². The van der Waals surface area contributed by atoms with E-state index in [1.165, 1.54) is 31.0 Å². The molecule has 7 nitrogen and oxygen atoms in total. The van der Waals surface area contributed by atoms with Crippen molar-refractivity contribution in [2.45, 2.75) is 49.7 Å². The Kier molecular flexibility index (Phi) is 6.73. The second kappa shape index (κ2) is 9.23. The molecule has 1 amide bonds. The molecule has 1 aromatic heterocycles. The van der Waals surface area contributed by atoms with Gasteiger partial charge in [-0.05, 0) is 41.5 Å². The Bertz CT molecular complexity index is 749. The van der Waals surface area contributed by atoms with Crippen LogP contribution in [0.3, 0.4) is 0 Å². The molecule has 140 valence electrons. The van der Waals surface area contributed by atoms with Crippen molar-refractivity contribution in [1.82, 2.24) is 20.2 Å². The lowest BCUT2D eigenvalue weighted by Crippen LogP contribution is -2.16. The lowest BCUT2D eigenvalue weighted by atomic mass is 9.96. The molecule has 26 heavy (non-hydrogen) atoms. The van der Waals surface area contributed by atoms with E-state index in [4.69, 9.17) is 16.3 Å². The van der Waals surface area contributed by atoms with E-state index >= 15 is 0 Å². The maximum absolute atomic E-state index is 12.2. The predicted molar refractivity (Wildman–Crippen MR) is 102 cm³/mol. The lowest BCUT2D eigenvalue weighted by Gasteiger charge is -2.21. The van der Waals surface area contributed by atoms with Crippen LogP contribution in [0.15, 0.2) is 23.4 Å². The molecule has 9 heteroatoms. The Balaban J connectivity index is 1.52. The quantitative estimate of drug-likeness (QED) is 0.714. The fourth-order valence-corrected chi connectivity index (χ4v) is 4.12. The number of ether oxygens (including phenoxy) is 1. The number of hydrogen-bond donors (Lipinski definition) is 1. The second-order valence-electron chi connectivity index (χ2n) is 6.19. The van der Waals surface area contributed by atoms with Gasteiger partial charge in [-0.25, -0.2) is 4.68 Å². The molecule has 1 N–H and O–H groups in total. The molecule has 0 radical (unpaired) electrons. The van der Waals surface area contributed by atoms with Crippen LogP contribution in [0.4, 0.5) is 5.69 Å². The molecule has 0 spiro atoms. The third-order valence-corrected chi connectivity index (χ3v) is 5.55. The molecule has 3 rings (SSSR count). The first-order valence-corrected chi connectivity index (χ1v) is 10.1. The third kappa shape index (κ3) is 4.88. The van der Waals surface area contributed by atoms with Crippen molar-refractivity contribution in [2.24, 2.45) is 0 Å². The summed E-state index contributed by atoms with van der Waals surface area (Å²) in [6.07, 6.45) is 6.31. The average molecular weight is 396 g/mol. The molecular formula is C17H22ClN5O2S. The van der Waals surface area contributed by atoms with E-state index in [0.29, 0.717) is 34.7 Å². The topological polar surface area (TPSA) is 81.9 Å². The summed E-state index contributed by atoms with van der Waals surface area (Å²) < 4.78 is 7.16. The Hall–Kier alpha value is -1.80. The molecule has 0 saturated heterocycles. The first-order valence-electron chi connectivity index (χ1n) is 8.71. The Morgan fingerprint density at radius 1 is 1.38 bits per heavy atom. The van der Waals surface area contributed by atoms with Gasteiger partial charge in [0.1, 0.15) is 5.75 Å². The van der Waals surface area contributed by atoms with Crippen LogP contribution in [-0.2, 0) is 4.79 Å². The standard InChI is InChI=1S/C17H22ClN5O2S/c1-25-15-8-7-12(18)11-14(15)19-16(24)9-10-26-17-20-21-22-23(17)13-5-3-2-4-6-13/h7-8,11,13H,2-6,9-10H2,1H3,(H,19,24). The van der Waals surface area contributed by atoms with Crippen LogP contribution in [-0.4, -0.2) is 39.0 Å². The zero-order valence-electron chi connectivity index (χ0n) is 14.7. The molecule has 0 atom stereocenters. The van der Waals surface area contributed by atoms with E-state index in [1.54, 1.807) is 25.3 Å². The van der Waals surface area contributed by atoms with E-state index in [9.17, 15) is 4.79 Å². The van der Waals surface area contributed by atoms with Gasteiger partial charge < -0.3 is 10.1 Å². The van der Waals surface area contributed by atoms with Crippen molar-refractivity contribution < 1.29 is 9.53 Å². The minimum Gasteiger partial charge on any atom is -0.495 e. The number of anilines is 1. The van der Waals surface area contributed by atoms with E-state index in [2.05, 4.69) is 20.8 Å². The molecule has 1 aliphatic rings. The zero-order chi connectivity index (χ0) is 18.4. The predicted octanol–water partition coefficient (Wildman–Crippen LogP) is 3.96. The Labute approximate surface area is 161 Å². The Morgan fingerprint density at radius 2 is 2.19 bits per heavy atom. The first-order chi connectivity index (χ1) is 12.7. The monoisotopic (exact) mass is 395 g/mol. The summed E-state index contributed by atoms with van der Waals surface area (Å²) in [5, 5.41) is 16.2. The van der Waals surface area contributed by atoms with Gasteiger partial charge in [-0.15, -0.1) is 5.10 Å². The summed E-state index contributed by atoms with van der Waals surface area (Å²) in [7, 11) is 1.56. The molecule has 1 fully saturated rings. The van der Waals surface area contributed by atoms with E-state index in [1.807, 2.05) is 4.68 Å². The molecule has 0 bridgehead atoms. The summed E-state index contributed by atoms with van der Waals surface area (Å²) in [6, 6.07) is 5.50. The highest BCUT2D eigenvalue weighted by Gasteiger charge is 2.20. The molecule has 1 heterocycles. The number of tetrazole rings is 1. The number of halogens is 1. The van der Waals surface area contributed by atoms with Gasteiger partial charge in [0, 0.05) is 17.2 Å². The molecular weight excluding hydrogens is 374 g/mol. The number of rotatable bonds is 7. The minimum atomic E-state index is -0.102. The van der Waals surface area contributed by atoms with Crippen molar-refractivity contribution in [3.8, 4) is 5.75 Å². The number of nitrogens with one attached hydrogen (secondary N) is 1.